The largest absolute Gasteiger partial charge is 0.398 e. The summed E-state index contributed by atoms with van der Waals surface area (Å²) in [6.07, 6.45) is 2.14. The third kappa shape index (κ3) is 3.45. The number of nitrogen functional groups attached to an aromatic ring is 1. The highest BCUT2D eigenvalue weighted by Crippen LogP contribution is 2.17. The van der Waals surface area contributed by atoms with E-state index in [4.69, 9.17) is 10.6 Å². The van der Waals surface area contributed by atoms with Gasteiger partial charge in [-0.05, 0) is 37.5 Å². The molecule has 1 saturated heterocycles. The number of hydroxylamine groups is 2. The van der Waals surface area contributed by atoms with Crippen LogP contribution in [0.3, 0.4) is 0 Å². The summed E-state index contributed by atoms with van der Waals surface area (Å²) in [5, 5.41) is 4.52. The van der Waals surface area contributed by atoms with Gasteiger partial charge < -0.3 is 11.1 Å². The van der Waals surface area contributed by atoms with Crippen molar-refractivity contribution in [1.82, 2.24) is 5.06 Å². The first-order valence-electron chi connectivity index (χ1n) is 6.19. The van der Waals surface area contributed by atoms with Gasteiger partial charge in [0.1, 0.15) is 6.54 Å². The van der Waals surface area contributed by atoms with Crippen LogP contribution in [0.1, 0.15) is 18.4 Å². The van der Waals surface area contributed by atoms with Crippen LogP contribution in [0.5, 0.6) is 0 Å². The molecule has 1 fully saturated rings. The maximum absolute atomic E-state index is 11.8. The van der Waals surface area contributed by atoms with E-state index in [-0.39, 0.29) is 12.5 Å². The van der Waals surface area contributed by atoms with Gasteiger partial charge in [0.15, 0.2) is 0 Å². The van der Waals surface area contributed by atoms with Crippen molar-refractivity contribution in [2.45, 2.75) is 19.8 Å². The smallest absolute Gasteiger partial charge is 0.240 e. The first-order chi connectivity index (χ1) is 8.65. The number of carbonyl (C=O) groups is 1. The fourth-order valence-corrected chi connectivity index (χ4v) is 1.85. The molecule has 5 nitrogen and oxygen atoms in total. The normalized spacial score (nSPS) is 16.5. The number of rotatable bonds is 3. The molecule has 5 heteroatoms. The Labute approximate surface area is 107 Å². The van der Waals surface area contributed by atoms with Crippen molar-refractivity contribution < 1.29 is 9.63 Å². The van der Waals surface area contributed by atoms with Gasteiger partial charge >= 0.3 is 0 Å². The molecule has 3 N–H and O–H groups in total. The number of aryl methyl sites for hydroxylation is 1. The van der Waals surface area contributed by atoms with Crippen LogP contribution in [0.2, 0.25) is 0 Å². The fourth-order valence-electron chi connectivity index (χ4n) is 1.85. The topological polar surface area (TPSA) is 67.6 Å². The van der Waals surface area contributed by atoms with Gasteiger partial charge in [-0.15, -0.1) is 0 Å². The highest BCUT2D eigenvalue weighted by molar-refractivity contribution is 5.92. The Bertz CT molecular complexity index is 428. The third-order valence-corrected chi connectivity index (χ3v) is 2.96. The second-order valence-corrected chi connectivity index (χ2v) is 4.52. The molecule has 0 bridgehead atoms. The van der Waals surface area contributed by atoms with Crippen LogP contribution < -0.4 is 11.1 Å². The standard InChI is InChI=1S/C13H19N3O2/c1-10-4-5-11(8-12(10)14)15-13(17)9-16-6-2-3-7-18-16/h4-5,8H,2-3,6-7,9,14H2,1H3,(H,15,17). The van der Waals surface area contributed by atoms with Crippen molar-refractivity contribution in [2.24, 2.45) is 0 Å². The first-order valence-corrected chi connectivity index (χ1v) is 6.19. The predicted molar refractivity (Wildman–Crippen MR) is 71.0 cm³/mol. The van der Waals surface area contributed by atoms with Crippen molar-refractivity contribution in [1.29, 1.82) is 0 Å². The summed E-state index contributed by atoms with van der Waals surface area (Å²) in [4.78, 5) is 17.2. The summed E-state index contributed by atoms with van der Waals surface area (Å²) in [5.41, 5.74) is 8.21. The van der Waals surface area contributed by atoms with E-state index >= 15 is 0 Å². The van der Waals surface area contributed by atoms with Crippen molar-refractivity contribution in [3.8, 4) is 0 Å². The van der Waals surface area contributed by atoms with Gasteiger partial charge in [0.25, 0.3) is 0 Å². The zero-order chi connectivity index (χ0) is 13.0. The third-order valence-electron chi connectivity index (χ3n) is 2.96. The lowest BCUT2D eigenvalue weighted by Gasteiger charge is -2.25. The van der Waals surface area contributed by atoms with Gasteiger partial charge in [-0.3, -0.25) is 9.63 Å². The summed E-state index contributed by atoms with van der Waals surface area (Å²) in [7, 11) is 0. The summed E-state index contributed by atoms with van der Waals surface area (Å²) in [5.74, 6) is -0.0832. The number of benzene rings is 1. The number of amides is 1. The number of nitrogens with zero attached hydrogens (tertiary/aromatic N) is 1. The minimum Gasteiger partial charge on any atom is -0.398 e. The lowest BCUT2D eigenvalue weighted by Crippen LogP contribution is -2.36. The number of carbonyl (C=O) groups excluding carboxylic acids is 1. The van der Waals surface area contributed by atoms with Gasteiger partial charge in [0, 0.05) is 17.9 Å². The van der Waals surface area contributed by atoms with Gasteiger partial charge in [-0.25, -0.2) is 0 Å². The summed E-state index contributed by atoms with van der Waals surface area (Å²) in [6.45, 7) is 3.70. The van der Waals surface area contributed by atoms with E-state index in [1.165, 1.54) is 0 Å². The van der Waals surface area contributed by atoms with E-state index in [0.717, 1.165) is 30.6 Å². The molecule has 0 unspecified atom stereocenters. The van der Waals surface area contributed by atoms with Crippen LogP contribution >= 0.6 is 0 Å². The maximum atomic E-state index is 11.8. The Morgan fingerprint density at radius 3 is 3.00 bits per heavy atom. The van der Waals surface area contributed by atoms with Gasteiger partial charge in [-0.1, -0.05) is 6.07 Å². The molecule has 2 rings (SSSR count). The van der Waals surface area contributed by atoms with Crippen molar-refractivity contribution in [3.05, 3.63) is 23.8 Å². The van der Waals surface area contributed by atoms with Gasteiger partial charge in [0.05, 0.1) is 6.61 Å². The van der Waals surface area contributed by atoms with E-state index in [9.17, 15) is 4.79 Å². The number of hydrogen-bond acceptors (Lipinski definition) is 4. The number of anilines is 2. The molecule has 1 aliphatic heterocycles. The molecule has 0 aromatic heterocycles. The average Bonchev–Trinajstić information content (AvgIpc) is 2.35. The quantitative estimate of drug-likeness (QED) is 0.797. The Balaban J connectivity index is 1.88. The first kappa shape index (κ1) is 12.9. The van der Waals surface area contributed by atoms with Crippen LogP contribution in [0, 0.1) is 6.92 Å². The molecule has 0 atom stereocenters. The molecule has 0 spiro atoms. The minimum atomic E-state index is -0.0832. The van der Waals surface area contributed by atoms with E-state index in [0.29, 0.717) is 12.3 Å². The summed E-state index contributed by atoms with van der Waals surface area (Å²) in [6, 6.07) is 5.51. The molecule has 1 amide bonds. The molecular formula is C13H19N3O2. The average molecular weight is 249 g/mol. The summed E-state index contributed by atoms with van der Waals surface area (Å²) < 4.78 is 0. The van der Waals surface area contributed by atoms with Crippen LogP contribution in [-0.4, -0.2) is 30.7 Å². The van der Waals surface area contributed by atoms with Crippen molar-refractivity contribution >= 4 is 17.3 Å². The van der Waals surface area contributed by atoms with Gasteiger partial charge in [0.2, 0.25) is 5.91 Å². The van der Waals surface area contributed by atoms with Gasteiger partial charge in [-0.2, -0.15) is 5.06 Å². The Hall–Kier alpha value is -1.59. The lowest BCUT2D eigenvalue weighted by molar-refractivity contribution is -0.182. The summed E-state index contributed by atoms with van der Waals surface area (Å²) >= 11 is 0. The fraction of sp³-hybridized carbons (Fsp3) is 0.462. The van der Waals surface area contributed by atoms with E-state index in [1.807, 2.05) is 19.1 Å². The Kier molecular flexibility index (Phi) is 4.17. The van der Waals surface area contributed by atoms with Crippen LogP contribution in [0.25, 0.3) is 0 Å². The Morgan fingerprint density at radius 2 is 2.33 bits per heavy atom. The molecule has 18 heavy (non-hydrogen) atoms. The maximum Gasteiger partial charge on any atom is 0.240 e. The number of nitrogens with one attached hydrogen (secondary N) is 1. The second kappa shape index (κ2) is 5.84. The Morgan fingerprint density at radius 1 is 1.50 bits per heavy atom. The molecule has 98 valence electrons. The molecule has 0 radical (unpaired) electrons. The van der Waals surface area contributed by atoms with E-state index in [1.54, 1.807) is 11.1 Å². The second-order valence-electron chi connectivity index (χ2n) is 4.52. The zero-order valence-corrected chi connectivity index (χ0v) is 10.6. The van der Waals surface area contributed by atoms with Crippen LogP contribution in [0.15, 0.2) is 18.2 Å². The molecule has 0 saturated carbocycles. The molecule has 0 aliphatic carbocycles. The molecule has 1 aromatic carbocycles. The predicted octanol–water partition coefficient (Wildman–Crippen LogP) is 1.54. The monoisotopic (exact) mass is 249 g/mol. The minimum absolute atomic E-state index is 0.0832. The van der Waals surface area contributed by atoms with E-state index < -0.39 is 0 Å². The van der Waals surface area contributed by atoms with E-state index in [2.05, 4.69) is 5.32 Å². The van der Waals surface area contributed by atoms with Crippen molar-refractivity contribution in [2.75, 3.05) is 30.7 Å². The molecule has 1 aliphatic rings. The highest BCUT2D eigenvalue weighted by atomic mass is 16.7. The zero-order valence-electron chi connectivity index (χ0n) is 10.6. The molecular weight excluding hydrogens is 230 g/mol. The van der Waals surface area contributed by atoms with Crippen molar-refractivity contribution in [3.63, 3.8) is 0 Å². The molecule has 1 heterocycles. The number of hydrogen-bond donors (Lipinski definition) is 2. The van der Waals surface area contributed by atoms with Crippen LogP contribution in [0.4, 0.5) is 11.4 Å². The highest BCUT2D eigenvalue weighted by Gasteiger charge is 2.14. The number of nitrogens with two attached hydrogens (primary N) is 1. The molecule has 1 aromatic rings. The SMILES string of the molecule is Cc1ccc(NC(=O)CN2CCCCO2)cc1N. The lowest BCUT2D eigenvalue weighted by atomic mass is 10.2. The van der Waals surface area contributed by atoms with Crippen LogP contribution in [-0.2, 0) is 9.63 Å².